The normalized spacial score (nSPS) is 10.3. The van der Waals surface area contributed by atoms with Gasteiger partial charge in [0.15, 0.2) is 0 Å². The third-order valence-corrected chi connectivity index (χ3v) is 3.61. The fourth-order valence-corrected chi connectivity index (χ4v) is 2.11. The van der Waals surface area contributed by atoms with Crippen molar-refractivity contribution in [3.05, 3.63) is 52.7 Å². The number of amides is 1. The van der Waals surface area contributed by atoms with Gasteiger partial charge in [-0.3, -0.25) is 4.79 Å². The lowest BCUT2D eigenvalue weighted by Crippen LogP contribution is -2.14. The van der Waals surface area contributed by atoms with E-state index in [1.807, 2.05) is 45.0 Å². The molecule has 0 spiro atoms. The Morgan fingerprint density at radius 3 is 2.67 bits per heavy atom. The van der Waals surface area contributed by atoms with Gasteiger partial charge in [-0.05, 0) is 49.6 Å². The number of pyridine rings is 1. The first-order chi connectivity index (χ1) is 10.0. The molecule has 4 nitrogen and oxygen atoms in total. The number of benzene rings is 1. The Kier molecular flexibility index (Phi) is 4.58. The van der Waals surface area contributed by atoms with E-state index in [9.17, 15) is 4.79 Å². The van der Waals surface area contributed by atoms with Gasteiger partial charge in [0.2, 0.25) is 0 Å². The molecular weight excluding hydrogens is 262 g/mol. The molecule has 0 atom stereocenters. The summed E-state index contributed by atoms with van der Waals surface area (Å²) in [5, 5.41) is 5.97. The van der Waals surface area contributed by atoms with Gasteiger partial charge in [0.05, 0.1) is 0 Å². The molecule has 1 amide bonds. The Morgan fingerprint density at radius 2 is 2.00 bits per heavy atom. The van der Waals surface area contributed by atoms with Crippen LogP contribution in [0.15, 0.2) is 30.3 Å². The Bertz CT molecular complexity index is 643. The van der Waals surface area contributed by atoms with Crippen molar-refractivity contribution in [2.75, 3.05) is 17.7 Å². The molecule has 0 aliphatic heterocycles. The van der Waals surface area contributed by atoms with Crippen molar-refractivity contribution in [3.63, 3.8) is 0 Å². The standard InChI is InChI=1S/C17H21N3O/c1-5-14-9-13(10-16(18-4)19-14)17(21)20-15-8-6-7-11(2)12(15)3/h6-10H,5H2,1-4H3,(H,18,19)(H,20,21). The molecule has 0 bridgehead atoms. The first-order valence-electron chi connectivity index (χ1n) is 7.11. The Morgan fingerprint density at radius 1 is 1.24 bits per heavy atom. The first-order valence-corrected chi connectivity index (χ1v) is 7.11. The van der Waals surface area contributed by atoms with Crippen LogP contribution >= 0.6 is 0 Å². The average Bonchev–Trinajstić information content (AvgIpc) is 2.51. The maximum Gasteiger partial charge on any atom is 0.255 e. The predicted molar refractivity (Wildman–Crippen MR) is 87.0 cm³/mol. The molecule has 0 saturated carbocycles. The predicted octanol–water partition coefficient (Wildman–Crippen LogP) is 3.55. The summed E-state index contributed by atoms with van der Waals surface area (Å²) in [6.07, 6.45) is 0.791. The monoisotopic (exact) mass is 283 g/mol. The van der Waals surface area contributed by atoms with Crippen molar-refractivity contribution >= 4 is 17.4 Å². The van der Waals surface area contributed by atoms with Crippen molar-refractivity contribution in [1.29, 1.82) is 0 Å². The second-order valence-corrected chi connectivity index (χ2v) is 5.04. The number of hydrogen-bond acceptors (Lipinski definition) is 3. The molecule has 0 fully saturated rings. The summed E-state index contributed by atoms with van der Waals surface area (Å²) in [6, 6.07) is 9.49. The second kappa shape index (κ2) is 6.39. The van der Waals surface area contributed by atoms with Crippen LogP contribution in [0.4, 0.5) is 11.5 Å². The van der Waals surface area contributed by atoms with Crippen molar-refractivity contribution in [3.8, 4) is 0 Å². The molecule has 1 heterocycles. The van der Waals surface area contributed by atoms with Crippen LogP contribution < -0.4 is 10.6 Å². The SMILES string of the molecule is CCc1cc(C(=O)Nc2cccc(C)c2C)cc(NC)n1. The zero-order valence-electron chi connectivity index (χ0n) is 12.9. The number of hydrogen-bond donors (Lipinski definition) is 2. The van der Waals surface area contributed by atoms with Crippen molar-refractivity contribution in [2.45, 2.75) is 27.2 Å². The van der Waals surface area contributed by atoms with Gasteiger partial charge >= 0.3 is 0 Å². The van der Waals surface area contributed by atoms with E-state index >= 15 is 0 Å². The Hall–Kier alpha value is -2.36. The zero-order chi connectivity index (χ0) is 15.4. The molecule has 0 saturated heterocycles. The smallest absolute Gasteiger partial charge is 0.255 e. The summed E-state index contributed by atoms with van der Waals surface area (Å²) in [6.45, 7) is 6.06. The van der Waals surface area contributed by atoms with Gasteiger partial charge < -0.3 is 10.6 Å². The largest absolute Gasteiger partial charge is 0.373 e. The minimum atomic E-state index is -0.114. The van der Waals surface area contributed by atoms with E-state index in [0.29, 0.717) is 11.4 Å². The lowest BCUT2D eigenvalue weighted by Gasteiger charge is -2.12. The summed E-state index contributed by atoms with van der Waals surface area (Å²) in [5.74, 6) is 0.595. The van der Waals surface area contributed by atoms with E-state index in [1.165, 1.54) is 0 Å². The molecule has 2 aromatic rings. The molecule has 21 heavy (non-hydrogen) atoms. The number of anilines is 2. The van der Waals surface area contributed by atoms with Gasteiger partial charge in [0.1, 0.15) is 5.82 Å². The maximum absolute atomic E-state index is 12.4. The third kappa shape index (κ3) is 3.40. The molecule has 4 heteroatoms. The molecule has 0 aliphatic carbocycles. The molecule has 2 rings (SSSR count). The van der Waals surface area contributed by atoms with Crippen LogP contribution in [0, 0.1) is 13.8 Å². The van der Waals surface area contributed by atoms with Gasteiger partial charge in [-0.2, -0.15) is 0 Å². The highest BCUT2D eigenvalue weighted by atomic mass is 16.1. The summed E-state index contributed by atoms with van der Waals surface area (Å²) >= 11 is 0. The maximum atomic E-state index is 12.4. The molecule has 1 aromatic carbocycles. The fourth-order valence-electron chi connectivity index (χ4n) is 2.11. The number of aryl methyl sites for hydroxylation is 2. The minimum absolute atomic E-state index is 0.114. The van der Waals surface area contributed by atoms with Gasteiger partial charge in [0, 0.05) is 24.0 Å². The van der Waals surface area contributed by atoms with E-state index in [4.69, 9.17) is 0 Å². The van der Waals surface area contributed by atoms with Crippen LogP contribution in [0.2, 0.25) is 0 Å². The number of carbonyl (C=O) groups is 1. The molecular formula is C17H21N3O. The van der Waals surface area contributed by atoms with Crippen LogP contribution in [0.25, 0.3) is 0 Å². The second-order valence-electron chi connectivity index (χ2n) is 5.04. The zero-order valence-corrected chi connectivity index (χ0v) is 12.9. The van der Waals surface area contributed by atoms with E-state index in [0.717, 1.165) is 28.9 Å². The topological polar surface area (TPSA) is 54.0 Å². The summed E-state index contributed by atoms with van der Waals surface area (Å²) in [5.41, 5.74) is 4.61. The lowest BCUT2D eigenvalue weighted by molar-refractivity contribution is 0.102. The molecule has 1 aromatic heterocycles. The van der Waals surface area contributed by atoms with Crippen LogP contribution in [0.5, 0.6) is 0 Å². The summed E-state index contributed by atoms with van der Waals surface area (Å²) < 4.78 is 0. The number of carbonyl (C=O) groups excluding carboxylic acids is 1. The van der Waals surface area contributed by atoms with Crippen LogP contribution in [0.1, 0.15) is 34.1 Å². The van der Waals surface area contributed by atoms with Gasteiger partial charge in [-0.25, -0.2) is 4.98 Å². The molecule has 0 unspecified atom stereocenters. The third-order valence-electron chi connectivity index (χ3n) is 3.61. The number of aromatic nitrogens is 1. The number of rotatable bonds is 4. The average molecular weight is 283 g/mol. The van der Waals surface area contributed by atoms with Crippen molar-refractivity contribution in [2.24, 2.45) is 0 Å². The van der Waals surface area contributed by atoms with Crippen molar-refractivity contribution in [1.82, 2.24) is 4.98 Å². The lowest BCUT2D eigenvalue weighted by atomic mass is 10.1. The van der Waals surface area contributed by atoms with Gasteiger partial charge in [-0.15, -0.1) is 0 Å². The fraction of sp³-hybridized carbons (Fsp3) is 0.294. The highest BCUT2D eigenvalue weighted by molar-refractivity contribution is 6.05. The first kappa shape index (κ1) is 15.0. The number of nitrogens with one attached hydrogen (secondary N) is 2. The highest BCUT2D eigenvalue weighted by Crippen LogP contribution is 2.19. The molecule has 0 aliphatic rings. The van der Waals surface area contributed by atoms with E-state index in [1.54, 1.807) is 13.1 Å². The molecule has 110 valence electrons. The van der Waals surface area contributed by atoms with Crippen LogP contribution in [-0.2, 0) is 6.42 Å². The van der Waals surface area contributed by atoms with E-state index in [-0.39, 0.29) is 5.91 Å². The Balaban J connectivity index is 2.30. The summed E-state index contributed by atoms with van der Waals surface area (Å²) in [7, 11) is 1.80. The molecule has 0 radical (unpaired) electrons. The Labute approximate surface area is 125 Å². The van der Waals surface area contributed by atoms with Crippen molar-refractivity contribution < 1.29 is 4.79 Å². The van der Waals surface area contributed by atoms with E-state index in [2.05, 4.69) is 15.6 Å². The number of nitrogens with zero attached hydrogens (tertiary/aromatic N) is 1. The van der Waals surface area contributed by atoms with Gasteiger partial charge in [0.25, 0.3) is 5.91 Å². The molecule has 2 N–H and O–H groups in total. The van der Waals surface area contributed by atoms with Crippen LogP contribution in [0.3, 0.4) is 0 Å². The van der Waals surface area contributed by atoms with Crippen LogP contribution in [-0.4, -0.2) is 17.9 Å². The quantitative estimate of drug-likeness (QED) is 0.902. The van der Waals surface area contributed by atoms with E-state index < -0.39 is 0 Å². The van der Waals surface area contributed by atoms with Gasteiger partial charge in [-0.1, -0.05) is 19.1 Å². The summed E-state index contributed by atoms with van der Waals surface area (Å²) in [4.78, 5) is 16.8. The highest BCUT2D eigenvalue weighted by Gasteiger charge is 2.11. The minimum Gasteiger partial charge on any atom is -0.373 e.